The van der Waals surface area contributed by atoms with Crippen LogP contribution in [0.5, 0.6) is 0 Å². The van der Waals surface area contributed by atoms with Crippen LogP contribution in [0.1, 0.15) is 45.6 Å². The molecule has 1 unspecified atom stereocenters. The predicted octanol–water partition coefficient (Wildman–Crippen LogP) is 3.21. The Morgan fingerprint density at radius 1 is 1.42 bits per heavy atom. The van der Waals surface area contributed by atoms with Gasteiger partial charge in [-0.3, -0.25) is 0 Å². The van der Waals surface area contributed by atoms with E-state index in [1.165, 1.54) is 24.8 Å². The molecule has 0 saturated carbocycles. The van der Waals surface area contributed by atoms with Gasteiger partial charge in [-0.15, -0.1) is 0 Å². The molecule has 2 heterocycles. The molecule has 106 valence electrons. The van der Waals surface area contributed by atoms with Gasteiger partial charge in [0.2, 0.25) is 0 Å². The van der Waals surface area contributed by atoms with Crippen molar-refractivity contribution < 1.29 is 0 Å². The number of hydrogen-bond donors (Lipinski definition) is 1. The molecule has 1 aromatic rings. The first kappa shape index (κ1) is 14.3. The van der Waals surface area contributed by atoms with Crippen LogP contribution < -0.4 is 10.2 Å². The summed E-state index contributed by atoms with van der Waals surface area (Å²) in [6.45, 7) is 9.97. The molecule has 0 aliphatic carbocycles. The Hall–Kier alpha value is -1.09. The molecule has 1 saturated heterocycles. The normalized spacial score (nSPS) is 19.4. The van der Waals surface area contributed by atoms with E-state index in [1.54, 1.807) is 0 Å². The van der Waals surface area contributed by atoms with E-state index in [4.69, 9.17) is 0 Å². The number of anilines is 1. The van der Waals surface area contributed by atoms with E-state index in [-0.39, 0.29) is 0 Å². The quantitative estimate of drug-likeness (QED) is 0.797. The second kappa shape index (κ2) is 6.90. The fourth-order valence-corrected chi connectivity index (χ4v) is 2.87. The van der Waals surface area contributed by atoms with Gasteiger partial charge >= 0.3 is 0 Å². The van der Waals surface area contributed by atoms with E-state index in [9.17, 15) is 0 Å². The van der Waals surface area contributed by atoms with Crippen molar-refractivity contribution >= 4 is 5.82 Å². The van der Waals surface area contributed by atoms with Gasteiger partial charge < -0.3 is 10.2 Å². The maximum Gasteiger partial charge on any atom is 0.128 e. The molecule has 1 aliphatic heterocycles. The Morgan fingerprint density at radius 3 is 2.89 bits per heavy atom. The summed E-state index contributed by atoms with van der Waals surface area (Å²) >= 11 is 0. The maximum atomic E-state index is 4.66. The molecule has 0 aromatic carbocycles. The van der Waals surface area contributed by atoms with Gasteiger partial charge in [0.25, 0.3) is 0 Å². The minimum Gasteiger partial charge on any atom is -0.353 e. The van der Waals surface area contributed by atoms with Gasteiger partial charge in [0.1, 0.15) is 5.82 Å². The topological polar surface area (TPSA) is 28.2 Å². The molecule has 0 radical (unpaired) electrons. The summed E-state index contributed by atoms with van der Waals surface area (Å²) in [7, 11) is 0. The first-order chi connectivity index (χ1) is 9.22. The second-order valence-corrected chi connectivity index (χ2v) is 5.85. The largest absolute Gasteiger partial charge is 0.353 e. The summed E-state index contributed by atoms with van der Waals surface area (Å²) in [4.78, 5) is 7.14. The van der Waals surface area contributed by atoms with Gasteiger partial charge in [-0.05, 0) is 43.4 Å². The molecular weight excluding hydrogens is 234 g/mol. The highest BCUT2D eigenvalue weighted by atomic mass is 15.2. The average molecular weight is 261 g/mol. The van der Waals surface area contributed by atoms with Crippen LogP contribution in [0, 0.1) is 5.92 Å². The van der Waals surface area contributed by atoms with Gasteiger partial charge in [-0.1, -0.05) is 26.8 Å². The van der Waals surface area contributed by atoms with Crippen LogP contribution in [-0.4, -0.2) is 24.1 Å². The lowest BCUT2D eigenvalue weighted by molar-refractivity contribution is 0.489. The highest BCUT2D eigenvalue weighted by Gasteiger charge is 2.27. The van der Waals surface area contributed by atoms with E-state index in [2.05, 4.69) is 48.1 Å². The van der Waals surface area contributed by atoms with E-state index < -0.39 is 0 Å². The lowest BCUT2D eigenvalue weighted by atomic mass is 10.0. The van der Waals surface area contributed by atoms with Crippen LogP contribution >= 0.6 is 0 Å². The smallest absolute Gasteiger partial charge is 0.128 e. The average Bonchev–Trinajstić information content (AvgIpc) is 2.89. The molecule has 3 heteroatoms. The minimum atomic E-state index is 0.663. The van der Waals surface area contributed by atoms with Gasteiger partial charge in [0.05, 0.1) is 0 Å². The van der Waals surface area contributed by atoms with Crippen LogP contribution in [0.3, 0.4) is 0 Å². The zero-order valence-electron chi connectivity index (χ0n) is 12.5. The van der Waals surface area contributed by atoms with Crippen molar-refractivity contribution in [2.24, 2.45) is 5.92 Å². The van der Waals surface area contributed by atoms with Crippen molar-refractivity contribution in [1.29, 1.82) is 0 Å². The Bertz CT molecular complexity index is 372. The Labute approximate surface area is 117 Å². The third kappa shape index (κ3) is 3.69. The number of hydrogen-bond acceptors (Lipinski definition) is 3. The number of nitrogens with zero attached hydrogens (tertiary/aromatic N) is 2. The monoisotopic (exact) mass is 261 g/mol. The summed E-state index contributed by atoms with van der Waals surface area (Å²) < 4.78 is 0. The van der Waals surface area contributed by atoms with E-state index in [0.29, 0.717) is 12.0 Å². The standard InChI is InChI=1S/C16H27N3/c1-4-9-17-11-14-7-8-16(18-12-14)19-10-5-6-15(19)13(2)3/h7-8,12-13,15,17H,4-6,9-11H2,1-3H3. The summed E-state index contributed by atoms with van der Waals surface area (Å²) in [5, 5.41) is 3.41. The number of pyridine rings is 1. The third-order valence-corrected chi connectivity index (χ3v) is 3.93. The van der Waals surface area contributed by atoms with Crippen molar-refractivity contribution in [2.75, 3.05) is 18.0 Å². The minimum absolute atomic E-state index is 0.663. The summed E-state index contributed by atoms with van der Waals surface area (Å²) in [6, 6.07) is 5.06. The Balaban J connectivity index is 1.97. The summed E-state index contributed by atoms with van der Waals surface area (Å²) in [5.74, 6) is 1.85. The maximum absolute atomic E-state index is 4.66. The van der Waals surface area contributed by atoms with Gasteiger partial charge in [-0.2, -0.15) is 0 Å². The fraction of sp³-hybridized carbons (Fsp3) is 0.688. The summed E-state index contributed by atoms with van der Waals surface area (Å²) in [5.41, 5.74) is 1.28. The van der Waals surface area contributed by atoms with Crippen molar-refractivity contribution in [3.63, 3.8) is 0 Å². The molecule has 3 nitrogen and oxygen atoms in total. The predicted molar refractivity (Wildman–Crippen MR) is 81.4 cm³/mol. The molecule has 1 aliphatic rings. The first-order valence-electron chi connectivity index (χ1n) is 7.64. The second-order valence-electron chi connectivity index (χ2n) is 5.85. The third-order valence-electron chi connectivity index (χ3n) is 3.93. The molecule has 0 spiro atoms. The number of aromatic nitrogens is 1. The molecule has 0 amide bonds. The molecule has 1 aromatic heterocycles. The highest BCUT2D eigenvalue weighted by Crippen LogP contribution is 2.28. The van der Waals surface area contributed by atoms with Crippen LogP contribution in [0.2, 0.25) is 0 Å². The lowest BCUT2D eigenvalue weighted by Gasteiger charge is -2.28. The summed E-state index contributed by atoms with van der Waals surface area (Å²) in [6.07, 6.45) is 5.80. The Kier molecular flexibility index (Phi) is 5.20. The molecule has 0 bridgehead atoms. The van der Waals surface area contributed by atoms with E-state index in [1.807, 2.05) is 6.20 Å². The van der Waals surface area contributed by atoms with Crippen LogP contribution in [0.4, 0.5) is 5.82 Å². The number of rotatable bonds is 6. The SMILES string of the molecule is CCCNCc1ccc(N2CCCC2C(C)C)nc1. The zero-order chi connectivity index (χ0) is 13.7. The molecule has 2 rings (SSSR count). The fourth-order valence-electron chi connectivity index (χ4n) is 2.87. The lowest BCUT2D eigenvalue weighted by Crippen LogP contribution is -2.33. The van der Waals surface area contributed by atoms with Crippen molar-refractivity contribution in [3.05, 3.63) is 23.9 Å². The van der Waals surface area contributed by atoms with Crippen LogP contribution in [0.15, 0.2) is 18.3 Å². The van der Waals surface area contributed by atoms with Crippen LogP contribution in [0.25, 0.3) is 0 Å². The van der Waals surface area contributed by atoms with Crippen molar-refractivity contribution in [2.45, 2.75) is 52.6 Å². The Morgan fingerprint density at radius 2 is 2.26 bits per heavy atom. The first-order valence-corrected chi connectivity index (χ1v) is 7.64. The van der Waals surface area contributed by atoms with Gasteiger partial charge in [0.15, 0.2) is 0 Å². The van der Waals surface area contributed by atoms with Crippen molar-refractivity contribution in [1.82, 2.24) is 10.3 Å². The van der Waals surface area contributed by atoms with Crippen LogP contribution in [-0.2, 0) is 6.54 Å². The molecule has 19 heavy (non-hydrogen) atoms. The van der Waals surface area contributed by atoms with Gasteiger partial charge in [-0.25, -0.2) is 4.98 Å². The zero-order valence-corrected chi connectivity index (χ0v) is 12.5. The molecule has 1 fully saturated rings. The molecule has 1 N–H and O–H groups in total. The van der Waals surface area contributed by atoms with E-state index >= 15 is 0 Å². The number of nitrogens with one attached hydrogen (secondary N) is 1. The van der Waals surface area contributed by atoms with Gasteiger partial charge in [0, 0.05) is 25.3 Å². The van der Waals surface area contributed by atoms with Crippen molar-refractivity contribution in [3.8, 4) is 0 Å². The highest BCUT2D eigenvalue weighted by molar-refractivity contribution is 5.42. The van der Waals surface area contributed by atoms with E-state index in [0.717, 1.165) is 25.5 Å². The molecule has 1 atom stereocenters. The molecular formula is C16H27N3.